The number of phenolic OH excluding ortho intramolecular Hbond substituents is 1. The highest BCUT2D eigenvalue weighted by atomic mass is 16.7. The van der Waals surface area contributed by atoms with Crippen LogP contribution in [0.3, 0.4) is 0 Å². The van der Waals surface area contributed by atoms with E-state index in [0.717, 1.165) is 82.0 Å². The fourth-order valence-electron chi connectivity index (χ4n) is 11.7. The summed E-state index contributed by atoms with van der Waals surface area (Å²) in [6.45, 7) is 9.60. The average molecular weight is 838 g/mol. The van der Waals surface area contributed by atoms with Gasteiger partial charge in [0.05, 0.1) is 31.0 Å². The molecule has 2 N–H and O–H groups in total. The number of fused-ring (bicyclic) bond motifs is 6. The van der Waals surface area contributed by atoms with Gasteiger partial charge in [0, 0.05) is 87.2 Å². The summed E-state index contributed by atoms with van der Waals surface area (Å²) in [6.07, 6.45) is 4.22. The third kappa shape index (κ3) is 6.91. The van der Waals surface area contributed by atoms with Crippen LogP contribution in [0.15, 0.2) is 84.9 Å². The Morgan fingerprint density at radius 1 is 0.839 bits per heavy atom. The molecule has 1 aliphatic carbocycles. The van der Waals surface area contributed by atoms with Gasteiger partial charge in [-0.1, -0.05) is 48.5 Å². The van der Waals surface area contributed by atoms with Crippen LogP contribution in [-0.2, 0) is 32.0 Å². The normalized spacial score (nSPS) is 27.3. The van der Waals surface area contributed by atoms with E-state index in [4.69, 9.17) is 14.2 Å². The van der Waals surface area contributed by atoms with Crippen LogP contribution >= 0.6 is 0 Å². The van der Waals surface area contributed by atoms with E-state index < -0.39 is 17.7 Å². The SMILES string of the molecule is C[C@@]12COc3c(ccc4c3CN(C3CCC(=O)NC3=O)C4=O)N1CCN(CC1COC3(CCN(c4ccc([C@@H]5c6ccc(O)cc6CC[C@@H]5c5ccccc5)cc4)CC3)OC1)C2. The van der Waals surface area contributed by atoms with Gasteiger partial charge < -0.3 is 34.0 Å². The van der Waals surface area contributed by atoms with Gasteiger partial charge in [-0.25, -0.2) is 0 Å². The predicted molar refractivity (Wildman–Crippen MR) is 234 cm³/mol. The number of piperazine rings is 1. The van der Waals surface area contributed by atoms with Crippen molar-refractivity contribution >= 4 is 29.1 Å². The van der Waals surface area contributed by atoms with Crippen molar-refractivity contribution in [3.8, 4) is 11.5 Å². The Hall–Kier alpha value is -5.43. The van der Waals surface area contributed by atoms with Crippen molar-refractivity contribution in [2.75, 3.05) is 68.9 Å². The van der Waals surface area contributed by atoms with Gasteiger partial charge in [-0.2, -0.15) is 0 Å². The van der Waals surface area contributed by atoms with Crippen molar-refractivity contribution in [2.24, 2.45) is 5.92 Å². The number of carbonyl (C=O) groups excluding carboxylic acids is 3. The summed E-state index contributed by atoms with van der Waals surface area (Å²) in [5.41, 5.74) is 8.62. The number of nitrogens with zero attached hydrogens (tertiary/aromatic N) is 4. The molecule has 4 aromatic carbocycles. The molecule has 6 heterocycles. The number of hydrogen-bond donors (Lipinski definition) is 2. The zero-order valence-corrected chi connectivity index (χ0v) is 35.4. The highest BCUT2D eigenvalue weighted by Gasteiger charge is 2.48. The minimum Gasteiger partial charge on any atom is -0.508 e. The molecule has 4 atom stereocenters. The quantitative estimate of drug-likeness (QED) is 0.226. The van der Waals surface area contributed by atoms with Crippen molar-refractivity contribution in [1.82, 2.24) is 15.1 Å². The molecule has 3 amide bonds. The van der Waals surface area contributed by atoms with E-state index in [1.165, 1.54) is 27.9 Å². The summed E-state index contributed by atoms with van der Waals surface area (Å²) >= 11 is 0. The predicted octanol–water partition coefficient (Wildman–Crippen LogP) is 5.95. The Bertz CT molecular complexity index is 2390. The van der Waals surface area contributed by atoms with Crippen LogP contribution in [0.25, 0.3) is 0 Å². The number of benzene rings is 4. The molecule has 0 aromatic heterocycles. The van der Waals surface area contributed by atoms with E-state index in [-0.39, 0.29) is 35.6 Å². The molecule has 62 heavy (non-hydrogen) atoms. The Balaban J connectivity index is 0.690. The van der Waals surface area contributed by atoms with Crippen LogP contribution in [-0.4, -0.2) is 109 Å². The lowest BCUT2D eigenvalue weighted by atomic mass is 9.69. The van der Waals surface area contributed by atoms with Crippen LogP contribution in [0.5, 0.6) is 11.5 Å². The lowest BCUT2D eigenvalue weighted by Gasteiger charge is -2.53. The van der Waals surface area contributed by atoms with Gasteiger partial charge in [-0.15, -0.1) is 0 Å². The molecule has 12 heteroatoms. The Morgan fingerprint density at radius 2 is 1.63 bits per heavy atom. The van der Waals surface area contributed by atoms with Gasteiger partial charge >= 0.3 is 0 Å². The number of ether oxygens (including phenoxy) is 3. The molecule has 7 aliphatic rings. The largest absolute Gasteiger partial charge is 0.508 e. The summed E-state index contributed by atoms with van der Waals surface area (Å²) in [6, 6.07) is 29.2. The molecule has 1 unspecified atom stereocenters. The summed E-state index contributed by atoms with van der Waals surface area (Å²) in [4.78, 5) is 46.9. The molecule has 6 aliphatic heterocycles. The lowest BCUT2D eigenvalue weighted by molar-refractivity contribution is -0.291. The number of aryl methyl sites for hydroxylation is 1. The number of hydrogen-bond acceptors (Lipinski definition) is 10. The Labute approximate surface area is 362 Å². The minimum absolute atomic E-state index is 0.184. The van der Waals surface area contributed by atoms with E-state index >= 15 is 0 Å². The van der Waals surface area contributed by atoms with E-state index in [1.807, 2.05) is 24.3 Å². The molecule has 0 saturated carbocycles. The maximum atomic E-state index is 13.5. The van der Waals surface area contributed by atoms with E-state index in [2.05, 4.69) is 87.6 Å². The molecule has 0 bridgehead atoms. The summed E-state index contributed by atoms with van der Waals surface area (Å²) in [7, 11) is 0. The summed E-state index contributed by atoms with van der Waals surface area (Å²) in [5.74, 6) is 0.547. The molecular weight excluding hydrogens is 783 g/mol. The number of aromatic hydroxyl groups is 1. The number of anilines is 2. The van der Waals surface area contributed by atoms with Gasteiger partial charge in [0.15, 0.2) is 5.79 Å². The first-order valence-corrected chi connectivity index (χ1v) is 22.6. The average Bonchev–Trinajstić information content (AvgIpc) is 3.62. The number of amides is 3. The Kier molecular flexibility index (Phi) is 9.81. The number of imide groups is 1. The second-order valence-corrected chi connectivity index (χ2v) is 18.9. The molecule has 322 valence electrons. The number of carbonyl (C=O) groups is 3. The fraction of sp³-hybridized carbons (Fsp3) is 0.460. The second-order valence-electron chi connectivity index (χ2n) is 18.9. The van der Waals surface area contributed by atoms with Crippen molar-refractivity contribution < 1.29 is 33.7 Å². The minimum atomic E-state index is -0.654. The van der Waals surface area contributed by atoms with Crippen LogP contribution in [0.1, 0.15) is 89.0 Å². The van der Waals surface area contributed by atoms with Gasteiger partial charge in [-0.3, -0.25) is 24.6 Å². The topological polar surface area (TPSA) is 124 Å². The maximum Gasteiger partial charge on any atom is 0.255 e. The molecule has 12 nitrogen and oxygen atoms in total. The number of nitrogens with one attached hydrogen (secondary N) is 1. The highest BCUT2D eigenvalue weighted by Crippen LogP contribution is 2.49. The maximum absolute atomic E-state index is 13.5. The molecule has 0 radical (unpaired) electrons. The number of rotatable bonds is 6. The molecule has 4 aromatic rings. The van der Waals surface area contributed by atoms with E-state index in [0.29, 0.717) is 50.0 Å². The van der Waals surface area contributed by atoms with Gasteiger partial charge in [0.1, 0.15) is 24.1 Å². The van der Waals surface area contributed by atoms with Gasteiger partial charge in [-0.05, 0) is 90.8 Å². The van der Waals surface area contributed by atoms with Crippen molar-refractivity contribution in [3.63, 3.8) is 0 Å². The van der Waals surface area contributed by atoms with Gasteiger partial charge in [0.25, 0.3) is 5.91 Å². The summed E-state index contributed by atoms with van der Waals surface area (Å²) < 4.78 is 19.8. The molecule has 1 spiro atoms. The summed E-state index contributed by atoms with van der Waals surface area (Å²) in [5, 5.41) is 12.7. The first-order valence-electron chi connectivity index (χ1n) is 22.6. The van der Waals surface area contributed by atoms with Crippen LogP contribution in [0, 0.1) is 5.92 Å². The van der Waals surface area contributed by atoms with E-state index in [1.54, 1.807) is 4.90 Å². The zero-order chi connectivity index (χ0) is 42.2. The van der Waals surface area contributed by atoms with Crippen LogP contribution < -0.4 is 19.9 Å². The number of phenols is 1. The smallest absolute Gasteiger partial charge is 0.255 e. The zero-order valence-electron chi connectivity index (χ0n) is 35.4. The monoisotopic (exact) mass is 837 g/mol. The molecular formula is C50H55N5O7. The fourth-order valence-corrected chi connectivity index (χ4v) is 11.7. The van der Waals surface area contributed by atoms with Crippen molar-refractivity contribution in [3.05, 3.63) is 118 Å². The lowest BCUT2D eigenvalue weighted by Crippen LogP contribution is -2.66. The van der Waals surface area contributed by atoms with Crippen LogP contribution in [0.2, 0.25) is 0 Å². The van der Waals surface area contributed by atoms with Crippen molar-refractivity contribution in [2.45, 2.75) is 81.2 Å². The molecule has 11 rings (SSSR count). The van der Waals surface area contributed by atoms with E-state index in [9.17, 15) is 19.5 Å². The second kappa shape index (κ2) is 15.4. The van der Waals surface area contributed by atoms with Crippen LogP contribution in [0.4, 0.5) is 11.4 Å². The third-order valence-corrected chi connectivity index (χ3v) is 15.0. The van der Waals surface area contributed by atoms with Crippen molar-refractivity contribution in [1.29, 1.82) is 0 Å². The molecule has 4 fully saturated rings. The number of piperidine rings is 2. The standard InChI is InChI=1S/C50H55N5O7/c1-49-30-52(23-24-55(49)42-16-15-40-41(46(42)60-31-49)27-54(48(40)59)43-17-18-44(57)51-47(43)58)26-32-28-61-50(62-29-32)19-21-53(22-20-50)36-10-7-34(8-11-36)45-38(33-5-3-2-4-6-33)13-9-35-25-37(56)12-14-39(35)45/h2-8,10-12,14-16,25,32,38,43,45,56H,9,13,17-24,26-31H2,1H3,(H,51,57,58)/t38-,43?,45+,49-/m1/s1. The highest BCUT2D eigenvalue weighted by molar-refractivity contribution is 6.06. The Morgan fingerprint density at radius 3 is 2.40 bits per heavy atom. The first kappa shape index (κ1) is 39.4. The van der Waals surface area contributed by atoms with Gasteiger partial charge in [0.2, 0.25) is 11.8 Å². The first-order chi connectivity index (χ1) is 30.1. The molecule has 4 saturated heterocycles. The third-order valence-electron chi connectivity index (χ3n) is 15.0.